The Morgan fingerprint density at radius 2 is 1.65 bits per heavy atom. The van der Waals surface area contributed by atoms with Crippen molar-refractivity contribution in [2.45, 2.75) is 27.3 Å². The van der Waals surface area contributed by atoms with E-state index in [4.69, 9.17) is 4.74 Å². The summed E-state index contributed by atoms with van der Waals surface area (Å²) < 4.78 is 5.25. The van der Waals surface area contributed by atoms with Gasteiger partial charge in [0.2, 0.25) is 0 Å². The maximum Gasteiger partial charge on any atom is 0.121 e. The Kier molecular flexibility index (Phi) is 4.18. The number of nitrogens with one attached hydrogen (secondary N) is 1. The monoisotopic (exact) mass is 271 g/mol. The van der Waals surface area contributed by atoms with Crippen molar-refractivity contribution < 1.29 is 9.84 Å². The minimum Gasteiger partial charge on any atom is -0.507 e. The van der Waals surface area contributed by atoms with Gasteiger partial charge in [-0.3, -0.25) is 0 Å². The molecule has 0 spiro atoms. The average molecular weight is 271 g/mol. The topological polar surface area (TPSA) is 41.5 Å². The molecule has 2 rings (SSSR count). The molecule has 0 saturated carbocycles. The molecule has 0 unspecified atom stereocenters. The van der Waals surface area contributed by atoms with E-state index in [1.807, 2.05) is 45.0 Å². The van der Waals surface area contributed by atoms with Crippen molar-refractivity contribution in [3.05, 3.63) is 52.6 Å². The maximum atomic E-state index is 9.78. The summed E-state index contributed by atoms with van der Waals surface area (Å²) in [5.41, 5.74) is 5.15. The summed E-state index contributed by atoms with van der Waals surface area (Å²) in [7, 11) is 1.68. The minimum absolute atomic E-state index is 0.383. The fraction of sp³-hybridized carbons (Fsp3) is 0.294. The summed E-state index contributed by atoms with van der Waals surface area (Å²) in [4.78, 5) is 0. The van der Waals surface area contributed by atoms with Crippen molar-refractivity contribution in [3.8, 4) is 11.5 Å². The lowest BCUT2D eigenvalue weighted by Gasteiger charge is -2.12. The van der Waals surface area contributed by atoms with Crippen molar-refractivity contribution in [2.75, 3.05) is 12.4 Å². The van der Waals surface area contributed by atoms with E-state index in [2.05, 4.69) is 11.4 Å². The van der Waals surface area contributed by atoms with E-state index in [1.54, 1.807) is 7.11 Å². The van der Waals surface area contributed by atoms with E-state index < -0.39 is 0 Å². The van der Waals surface area contributed by atoms with Gasteiger partial charge >= 0.3 is 0 Å². The quantitative estimate of drug-likeness (QED) is 0.885. The summed E-state index contributed by atoms with van der Waals surface area (Å²) in [6.07, 6.45) is 0. The summed E-state index contributed by atoms with van der Waals surface area (Å²) in [5, 5.41) is 13.2. The van der Waals surface area contributed by atoms with E-state index in [0.717, 1.165) is 40.2 Å². The number of benzene rings is 2. The van der Waals surface area contributed by atoms with Crippen LogP contribution >= 0.6 is 0 Å². The van der Waals surface area contributed by atoms with Crippen LogP contribution in [0.1, 0.15) is 22.3 Å². The molecule has 0 bridgehead atoms. The molecule has 2 aromatic rings. The molecule has 0 aliphatic carbocycles. The lowest BCUT2D eigenvalue weighted by Crippen LogP contribution is -2.01. The van der Waals surface area contributed by atoms with Crippen LogP contribution in [0.3, 0.4) is 0 Å². The first kappa shape index (κ1) is 14.3. The van der Waals surface area contributed by atoms with Crippen LogP contribution in [0, 0.1) is 20.8 Å². The Morgan fingerprint density at radius 3 is 2.20 bits per heavy atom. The predicted octanol–water partition coefficient (Wildman–Crippen LogP) is 3.94. The van der Waals surface area contributed by atoms with Crippen LogP contribution in [-0.4, -0.2) is 12.2 Å². The third-order valence-electron chi connectivity index (χ3n) is 3.44. The summed E-state index contributed by atoms with van der Waals surface area (Å²) in [6, 6.07) is 10.0. The van der Waals surface area contributed by atoms with Crippen LogP contribution in [0.2, 0.25) is 0 Å². The molecule has 0 heterocycles. The van der Waals surface area contributed by atoms with Gasteiger partial charge in [0.25, 0.3) is 0 Å². The highest BCUT2D eigenvalue weighted by Gasteiger charge is 2.04. The Morgan fingerprint density at radius 1 is 1.00 bits per heavy atom. The average Bonchev–Trinajstić information content (AvgIpc) is 2.42. The van der Waals surface area contributed by atoms with Crippen molar-refractivity contribution in [1.82, 2.24) is 0 Å². The number of ether oxygens (including phenoxy) is 1. The normalized spacial score (nSPS) is 10.4. The van der Waals surface area contributed by atoms with Crippen LogP contribution < -0.4 is 10.1 Å². The number of anilines is 1. The molecule has 0 radical (unpaired) electrons. The minimum atomic E-state index is 0.383. The number of aromatic hydroxyl groups is 1. The molecule has 0 fully saturated rings. The number of aryl methyl sites for hydroxylation is 3. The van der Waals surface area contributed by atoms with Crippen LogP contribution in [0.15, 0.2) is 30.3 Å². The smallest absolute Gasteiger partial charge is 0.121 e. The molecule has 0 aromatic heterocycles. The van der Waals surface area contributed by atoms with Crippen LogP contribution in [0.25, 0.3) is 0 Å². The second-order valence-electron chi connectivity index (χ2n) is 5.12. The number of rotatable bonds is 4. The lowest BCUT2D eigenvalue weighted by molar-refractivity contribution is 0.412. The van der Waals surface area contributed by atoms with Gasteiger partial charge in [0, 0.05) is 12.2 Å². The molecule has 2 N–H and O–H groups in total. The van der Waals surface area contributed by atoms with Crippen LogP contribution in [-0.2, 0) is 6.54 Å². The third-order valence-corrected chi connectivity index (χ3v) is 3.44. The Bertz CT molecular complexity index is 597. The van der Waals surface area contributed by atoms with Gasteiger partial charge in [0.15, 0.2) is 0 Å². The van der Waals surface area contributed by atoms with E-state index >= 15 is 0 Å². The Hall–Kier alpha value is -2.16. The number of methoxy groups -OCH3 is 1. The second kappa shape index (κ2) is 5.87. The number of phenolic OH excluding ortho intramolecular Hbond substituents is 1. The first-order valence-corrected chi connectivity index (χ1v) is 6.69. The second-order valence-corrected chi connectivity index (χ2v) is 5.12. The van der Waals surface area contributed by atoms with Gasteiger partial charge < -0.3 is 15.2 Å². The molecule has 3 nitrogen and oxygen atoms in total. The van der Waals surface area contributed by atoms with Gasteiger partial charge in [-0.25, -0.2) is 0 Å². The molecule has 106 valence electrons. The van der Waals surface area contributed by atoms with Gasteiger partial charge in [0.05, 0.1) is 7.11 Å². The first-order chi connectivity index (χ1) is 9.51. The van der Waals surface area contributed by atoms with Crippen molar-refractivity contribution in [1.29, 1.82) is 0 Å². The molecule has 20 heavy (non-hydrogen) atoms. The highest BCUT2D eigenvalue weighted by Crippen LogP contribution is 2.25. The van der Waals surface area contributed by atoms with Crippen LogP contribution in [0.5, 0.6) is 11.5 Å². The van der Waals surface area contributed by atoms with Gasteiger partial charge in [-0.15, -0.1) is 0 Å². The molecule has 2 aromatic carbocycles. The zero-order valence-corrected chi connectivity index (χ0v) is 12.4. The zero-order chi connectivity index (χ0) is 14.7. The summed E-state index contributed by atoms with van der Waals surface area (Å²) in [6.45, 7) is 6.60. The molecule has 0 aliphatic rings. The van der Waals surface area contributed by atoms with Crippen LogP contribution in [0.4, 0.5) is 5.69 Å². The number of hydrogen-bond donors (Lipinski definition) is 2. The molecular formula is C17H21NO2. The van der Waals surface area contributed by atoms with E-state index in [1.165, 1.54) is 0 Å². The van der Waals surface area contributed by atoms with Gasteiger partial charge in [-0.2, -0.15) is 0 Å². The molecule has 0 saturated heterocycles. The van der Waals surface area contributed by atoms with E-state index in [-0.39, 0.29) is 0 Å². The highest BCUT2D eigenvalue weighted by molar-refractivity contribution is 5.51. The van der Waals surface area contributed by atoms with E-state index in [9.17, 15) is 5.11 Å². The zero-order valence-electron chi connectivity index (χ0n) is 12.4. The Labute approximate surface area is 120 Å². The maximum absolute atomic E-state index is 9.78. The van der Waals surface area contributed by atoms with Gasteiger partial charge in [0.1, 0.15) is 11.5 Å². The first-order valence-electron chi connectivity index (χ1n) is 6.69. The van der Waals surface area contributed by atoms with Crippen molar-refractivity contribution >= 4 is 5.69 Å². The van der Waals surface area contributed by atoms with E-state index in [0.29, 0.717) is 5.75 Å². The van der Waals surface area contributed by atoms with Crippen molar-refractivity contribution in [2.24, 2.45) is 0 Å². The lowest BCUT2D eigenvalue weighted by atomic mass is 10.1. The predicted molar refractivity (Wildman–Crippen MR) is 82.6 cm³/mol. The fourth-order valence-corrected chi connectivity index (χ4v) is 2.34. The largest absolute Gasteiger partial charge is 0.507 e. The SMILES string of the molecule is COc1ccc(NCc2cc(C)c(O)c(C)c2)cc1C. The van der Waals surface area contributed by atoms with Gasteiger partial charge in [-0.1, -0.05) is 12.1 Å². The summed E-state index contributed by atoms with van der Waals surface area (Å²) in [5.74, 6) is 1.28. The van der Waals surface area contributed by atoms with Gasteiger partial charge in [-0.05, 0) is 61.2 Å². The van der Waals surface area contributed by atoms with Crippen molar-refractivity contribution in [3.63, 3.8) is 0 Å². The Balaban J connectivity index is 2.11. The molecule has 0 atom stereocenters. The molecule has 0 aliphatic heterocycles. The third kappa shape index (κ3) is 3.05. The number of phenols is 1. The number of hydrogen-bond acceptors (Lipinski definition) is 3. The molecule has 3 heteroatoms. The highest BCUT2D eigenvalue weighted by atomic mass is 16.5. The molecular weight excluding hydrogens is 250 g/mol. The molecule has 0 amide bonds. The fourth-order valence-electron chi connectivity index (χ4n) is 2.34. The standard InChI is InChI=1S/C17H21NO2/c1-11-9-15(5-6-16(11)20-4)18-10-14-7-12(2)17(19)13(3)8-14/h5-9,18-19H,10H2,1-4H3. The summed E-state index contributed by atoms with van der Waals surface area (Å²) >= 11 is 0.